The third-order valence-electron chi connectivity index (χ3n) is 4.68. The molecule has 1 fully saturated rings. The van der Waals surface area contributed by atoms with Crippen LogP contribution in [0.2, 0.25) is 0 Å². The van der Waals surface area contributed by atoms with Gasteiger partial charge in [-0.3, -0.25) is 9.78 Å². The molecular formula is C20H21N3O4. The smallest absolute Gasteiger partial charge is 0.276 e. The van der Waals surface area contributed by atoms with Crippen LogP contribution in [0.4, 0.5) is 0 Å². The van der Waals surface area contributed by atoms with Crippen LogP contribution in [0.5, 0.6) is 5.75 Å². The number of para-hydroxylation sites is 1. The van der Waals surface area contributed by atoms with Crippen molar-refractivity contribution in [2.24, 2.45) is 0 Å². The summed E-state index contributed by atoms with van der Waals surface area (Å²) in [5, 5.41) is 0.996. The lowest BCUT2D eigenvalue weighted by atomic mass is 10.1. The molecule has 1 atom stereocenters. The Balaban J connectivity index is 1.45. The monoisotopic (exact) mass is 367 g/mol. The number of carbonyl (C=O) groups excluding carboxylic acids is 1. The lowest BCUT2D eigenvalue weighted by molar-refractivity contribution is -0.00311. The number of ether oxygens (including phenoxy) is 2. The first-order chi connectivity index (χ1) is 13.3. The molecule has 3 heterocycles. The number of hydrogen-bond acceptors (Lipinski definition) is 6. The number of oxazole rings is 1. The summed E-state index contributed by atoms with van der Waals surface area (Å²) in [4.78, 5) is 23.2. The second kappa shape index (κ2) is 7.75. The van der Waals surface area contributed by atoms with Crippen molar-refractivity contribution in [1.29, 1.82) is 0 Å². The third kappa shape index (κ3) is 3.64. The Labute approximate surface area is 156 Å². The number of hydrogen-bond donors (Lipinski definition) is 0. The number of fused-ring (bicyclic) bond motifs is 1. The van der Waals surface area contributed by atoms with Gasteiger partial charge in [0.25, 0.3) is 5.91 Å². The number of aromatic nitrogens is 2. The fourth-order valence-electron chi connectivity index (χ4n) is 3.22. The van der Waals surface area contributed by atoms with Gasteiger partial charge in [0.05, 0.1) is 19.3 Å². The standard InChI is InChI=1S/C20H21N3O4/c1-2-15-11-25-10-9-23(15)20(24)16-12-27-18(22-16)13-26-17-7-3-5-14-6-4-8-21-19(14)17/h3-8,12,15H,2,9-11,13H2,1H3/t15-/m1/s1. The van der Waals surface area contributed by atoms with E-state index in [1.807, 2.05) is 37.3 Å². The highest BCUT2D eigenvalue weighted by Crippen LogP contribution is 2.24. The van der Waals surface area contributed by atoms with Crippen molar-refractivity contribution in [3.63, 3.8) is 0 Å². The maximum Gasteiger partial charge on any atom is 0.276 e. The van der Waals surface area contributed by atoms with Crippen LogP contribution in [0.25, 0.3) is 10.9 Å². The van der Waals surface area contributed by atoms with Gasteiger partial charge in [0.1, 0.15) is 17.5 Å². The maximum absolute atomic E-state index is 12.7. The lowest BCUT2D eigenvalue weighted by Gasteiger charge is -2.34. The molecule has 1 aromatic carbocycles. The molecule has 0 unspecified atom stereocenters. The van der Waals surface area contributed by atoms with Gasteiger partial charge in [-0.05, 0) is 18.6 Å². The highest BCUT2D eigenvalue weighted by Gasteiger charge is 2.28. The van der Waals surface area contributed by atoms with Crippen molar-refractivity contribution in [3.05, 3.63) is 54.4 Å². The quantitative estimate of drug-likeness (QED) is 0.690. The van der Waals surface area contributed by atoms with Gasteiger partial charge < -0.3 is 18.8 Å². The highest BCUT2D eigenvalue weighted by molar-refractivity contribution is 5.92. The van der Waals surface area contributed by atoms with Gasteiger partial charge in [-0.15, -0.1) is 0 Å². The number of morpholine rings is 1. The number of benzene rings is 1. The molecule has 0 aliphatic carbocycles. The van der Waals surface area contributed by atoms with Crippen LogP contribution in [0.3, 0.4) is 0 Å². The van der Waals surface area contributed by atoms with Crippen LogP contribution >= 0.6 is 0 Å². The molecule has 140 valence electrons. The molecule has 1 aliphatic heterocycles. The first-order valence-corrected chi connectivity index (χ1v) is 9.06. The highest BCUT2D eigenvalue weighted by atomic mass is 16.5. The van der Waals surface area contributed by atoms with Gasteiger partial charge in [0.15, 0.2) is 12.3 Å². The van der Waals surface area contributed by atoms with E-state index in [9.17, 15) is 4.79 Å². The van der Waals surface area contributed by atoms with Gasteiger partial charge in [0.2, 0.25) is 5.89 Å². The molecule has 1 aliphatic rings. The molecule has 1 amide bonds. The van der Waals surface area contributed by atoms with E-state index in [1.54, 1.807) is 11.1 Å². The fourth-order valence-corrected chi connectivity index (χ4v) is 3.22. The van der Waals surface area contributed by atoms with Crippen LogP contribution in [-0.4, -0.2) is 46.6 Å². The van der Waals surface area contributed by atoms with Gasteiger partial charge in [-0.25, -0.2) is 4.98 Å². The van der Waals surface area contributed by atoms with Gasteiger partial charge in [0, 0.05) is 18.1 Å². The van der Waals surface area contributed by atoms with E-state index in [-0.39, 0.29) is 18.6 Å². The molecule has 0 bridgehead atoms. The Kier molecular flexibility index (Phi) is 5.02. The first kappa shape index (κ1) is 17.5. The van der Waals surface area contributed by atoms with Gasteiger partial charge in [-0.1, -0.05) is 25.1 Å². The molecule has 0 N–H and O–H groups in total. The third-order valence-corrected chi connectivity index (χ3v) is 4.68. The van der Waals surface area contributed by atoms with Gasteiger partial charge in [-0.2, -0.15) is 0 Å². The Bertz CT molecular complexity index is 934. The zero-order chi connectivity index (χ0) is 18.6. The largest absolute Gasteiger partial charge is 0.482 e. The van der Waals surface area contributed by atoms with Crippen LogP contribution in [-0.2, 0) is 11.3 Å². The number of amides is 1. The molecule has 27 heavy (non-hydrogen) atoms. The second-order valence-corrected chi connectivity index (χ2v) is 6.38. The second-order valence-electron chi connectivity index (χ2n) is 6.38. The Hall–Kier alpha value is -2.93. The Morgan fingerprint density at radius 1 is 1.33 bits per heavy atom. The zero-order valence-electron chi connectivity index (χ0n) is 15.1. The molecule has 0 spiro atoms. The SMILES string of the molecule is CC[C@@H]1COCCN1C(=O)c1coc(COc2cccc3cccnc23)n1. The summed E-state index contributed by atoms with van der Waals surface area (Å²) in [6.45, 7) is 3.84. The average Bonchev–Trinajstić information content (AvgIpc) is 3.20. The minimum absolute atomic E-state index is 0.0735. The van der Waals surface area contributed by atoms with Crippen molar-refractivity contribution in [3.8, 4) is 5.75 Å². The molecule has 0 saturated carbocycles. The van der Waals surface area contributed by atoms with E-state index in [1.165, 1.54) is 6.26 Å². The Morgan fingerprint density at radius 3 is 3.11 bits per heavy atom. The van der Waals surface area contributed by atoms with Gasteiger partial charge >= 0.3 is 0 Å². The van der Waals surface area contributed by atoms with E-state index in [2.05, 4.69) is 9.97 Å². The van der Waals surface area contributed by atoms with E-state index < -0.39 is 0 Å². The summed E-state index contributed by atoms with van der Waals surface area (Å²) in [6, 6.07) is 9.67. The zero-order valence-corrected chi connectivity index (χ0v) is 15.1. The van der Waals surface area contributed by atoms with Crippen molar-refractivity contribution in [2.45, 2.75) is 26.0 Å². The molecule has 4 rings (SSSR count). The number of pyridine rings is 1. The summed E-state index contributed by atoms with van der Waals surface area (Å²) in [5.41, 5.74) is 1.08. The summed E-state index contributed by atoms with van der Waals surface area (Å²) in [5.74, 6) is 0.873. The van der Waals surface area contributed by atoms with E-state index in [4.69, 9.17) is 13.9 Å². The average molecular weight is 367 g/mol. The predicted molar refractivity (Wildman–Crippen MR) is 98.5 cm³/mol. The normalized spacial score (nSPS) is 17.2. The summed E-state index contributed by atoms with van der Waals surface area (Å²) >= 11 is 0. The molecule has 1 saturated heterocycles. The lowest BCUT2D eigenvalue weighted by Crippen LogP contribution is -2.48. The number of carbonyl (C=O) groups is 1. The minimum Gasteiger partial charge on any atom is -0.482 e. The minimum atomic E-state index is -0.132. The molecule has 0 radical (unpaired) electrons. The van der Waals surface area contributed by atoms with Crippen LogP contribution in [0.1, 0.15) is 29.7 Å². The topological polar surface area (TPSA) is 77.7 Å². The van der Waals surface area contributed by atoms with Crippen LogP contribution in [0, 0.1) is 0 Å². The summed E-state index contributed by atoms with van der Waals surface area (Å²) in [7, 11) is 0. The molecule has 7 heteroatoms. The summed E-state index contributed by atoms with van der Waals surface area (Å²) in [6.07, 6.45) is 3.96. The fraction of sp³-hybridized carbons (Fsp3) is 0.350. The van der Waals surface area contributed by atoms with E-state index in [0.717, 1.165) is 17.3 Å². The Morgan fingerprint density at radius 2 is 2.22 bits per heavy atom. The maximum atomic E-state index is 12.7. The van der Waals surface area contributed by atoms with E-state index >= 15 is 0 Å². The molecule has 2 aromatic heterocycles. The number of rotatable bonds is 5. The van der Waals surface area contributed by atoms with E-state index in [0.29, 0.717) is 37.1 Å². The molecule has 3 aromatic rings. The summed E-state index contributed by atoms with van der Waals surface area (Å²) < 4.78 is 16.7. The first-order valence-electron chi connectivity index (χ1n) is 9.06. The van der Waals surface area contributed by atoms with Crippen molar-refractivity contribution < 1.29 is 18.7 Å². The predicted octanol–water partition coefficient (Wildman–Crippen LogP) is 3.05. The van der Waals surface area contributed by atoms with Crippen molar-refractivity contribution in [2.75, 3.05) is 19.8 Å². The van der Waals surface area contributed by atoms with Crippen molar-refractivity contribution in [1.82, 2.24) is 14.9 Å². The molecular weight excluding hydrogens is 346 g/mol. The van der Waals surface area contributed by atoms with Crippen molar-refractivity contribution >= 4 is 16.8 Å². The van der Waals surface area contributed by atoms with Crippen LogP contribution < -0.4 is 4.74 Å². The van der Waals surface area contributed by atoms with Crippen LogP contribution in [0.15, 0.2) is 47.2 Å². The number of nitrogens with zero attached hydrogens (tertiary/aromatic N) is 3. The molecule has 7 nitrogen and oxygen atoms in total.